The lowest BCUT2D eigenvalue weighted by molar-refractivity contribution is -0.384. The van der Waals surface area contributed by atoms with Crippen LogP contribution >= 0.6 is 22.9 Å². The van der Waals surface area contributed by atoms with Crippen molar-refractivity contribution in [3.63, 3.8) is 0 Å². The lowest BCUT2D eigenvalue weighted by atomic mass is 9.90. The topological polar surface area (TPSA) is 101 Å². The highest BCUT2D eigenvalue weighted by molar-refractivity contribution is 7.10. The summed E-state index contributed by atoms with van der Waals surface area (Å²) in [6.07, 6.45) is 0. The van der Waals surface area contributed by atoms with E-state index >= 15 is 0 Å². The van der Waals surface area contributed by atoms with E-state index in [4.69, 9.17) is 11.6 Å². The molecule has 2 atom stereocenters. The largest absolute Gasteiger partial charge is 0.299 e. The van der Waals surface area contributed by atoms with Gasteiger partial charge in [-0.25, -0.2) is 0 Å². The summed E-state index contributed by atoms with van der Waals surface area (Å²) in [5.41, 5.74) is 1.12. The minimum atomic E-state index is -1.05. The molecule has 3 heterocycles. The van der Waals surface area contributed by atoms with E-state index in [9.17, 15) is 24.5 Å². The van der Waals surface area contributed by atoms with Crippen molar-refractivity contribution in [1.29, 1.82) is 0 Å². The molecule has 0 saturated carbocycles. The molecule has 2 aliphatic heterocycles. The standard InChI is InChI=1S/C22H14ClN3O5S/c1-11-9-12(23)4-7-16(11)24-18(17-3-2-8-32-17)19(22(24)29)25-20(27)14-6-5-13(26(30)31)10-15(14)21(25)28/h2-10,18-19H,1H3. The number of nitro benzene ring substituents is 1. The van der Waals surface area contributed by atoms with Crippen LogP contribution in [0.5, 0.6) is 0 Å². The van der Waals surface area contributed by atoms with Crippen LogP contribution in [0.1, 0.15) is 37.2 Å². The average Bonchev–Trinajstić information content (AvgIpc) is 3.36. The van der Waals surface area contributed by atoms with Gasteiger partial charge in [-0.05, 0) is 48.2 Å². The zero-order valence-corrected chi connectivity index (χ0v) is 18.1. The number of thiophene rings is 1. The van der Waals surface area contributed by atoms with Crippen LogP contribution < -0.4 is 4.90 Å². The summed E-state index contributed by atoms with van der Waals surface area (Å²) in [5.74, 6) is -1.74. The van der Waals surface area contributed by atoms with Gasteiger partial charge in [0.25, 0.3) is 23.4 Å². The second kappa shape index (κ2) is 7.25. The quantitative estimate of drug-likeness (QED) is 0.245. The van der Waals surface area contributed by atoms with Gasteiger partial charge in [-0.2, -0.15) is 0 Å². The molecular weight excluding hydrogens is 454 g/mol. The SMILES string of the molecule is Cc1cc(Cl)ccc1N1C(=O)C(N2C(=O)c3ccc([N+](=O)[O-])cc3C2=O)C1c1cccs1. The highest BCUT2D eigenvalue weighted by atomic mass is 35.5. The number of fused-ring (bicyclic) bond motifs is 1. The van der Waals surface area contributed by atoms with Crippen molar-refractivity contribution in [3.05, 3.63) is 90.6 Å². The summed E-state index contributed by atoms with van der Waals surface area (Å²) in [7, 11) is 0. The number of rotatable bonds is 4. The molecule has 1 aromatic heterocycles. The van der Waals surface area contributed by atoms with Gasteiger partial charge >= 0.3 is 0 Å². The van der Waals surface area contributed by atoms with Crippen LogP contribution in [0.4, 0.5) is 11.4 Å². The van der Waals surface area contributed by atoms with E-state index in [2.05, 4.69) is 0 Å². The Labute approximate surface area is 190 Å². The molecule has 0 spiro atoms. The fraction of sp³-hybridized carbons (Fsp3) is 0.136. The monoisotopic (exact) mass is 467 g/mol. The van der Waals surface area contributed by atoms with E-state index in [-0.39, 0.29) is 16.8 Å². The van der Waals surface area contributed by atoms with Crippen LogP contribution in [-0.4, -0.2) is 33.6 Å². The fourth-order valence-electron chi connectivity index (χ4n) is 4.24. The zero-order chi connectivity index (χ0) is 22.7. The number of amides is 3. The first-order valence-electron chi connectivity index (χ1n) is 9.58. The summed E-state index contributed by atoms with van der Waals surface area (Å²) in [4.78, 5) is 53.4. The molecule has 1 fully saturated rings. The van der Waals surface area contributed by atoms with Gasteiger partial charge in [0.15, 0.2) is 0 Å². The van der Waals surface area contributed by atoms with E-state index in [0.29, 0.717) is 10.7 Å². The molecule has 2 unspecified atom stereocenters. The third-order valence-electron chi connectivity index (χ3n) is 5.71. The van der Waals surface area contributed by atoms with Crippen LogP contribution in [-0.2, 0) is 4.79 Å². The minimum absolute atomic E-state index is 0.0550. The predicted molar refractivity (Wildman–Crippen MR) is 118 cm³/mol. The Morgan fingerprint density at radius 1 is 0.969 bits per heavy atom. The molecule has 0 aliphatic carbocycles. The lowest BCUT2D eigenvalue weighted by Crippen LogP contribution is -2.67. The normalized spacial score (nSPS) is 19.9. The Morgan fingerprint density at radius 3 is 2.38 bits per heavy atom. The number of aryl methyl sites for hydroxylation is 1. The number of imide groups is 1. The first kappa shape index (κ1) is 20.3. The smallest absolute Gasteiger partial charge is 0.270 e. The van der Waals surface area contributed by atoms with Gasteiger partial charge in [0, 0.05) is 27.7 Å². The third-order valence-corrected chi connectivity index (χ3v) is 6.89. The van der Waals surface area contributed by atoms with Crippen molar-refractivity contribution in [3.8, 4) is 0 Å². The van der Waals surface area contributed by atoms with Crippen LogP contribution in [0, 0.1) is 17.0 Å². The Hall–Kier alpha value is -3.56. The number of non-ortho nitro benzene ring substituents is 1. The molecule has 0 bridgehead atoms. The number of carbonyl (C=O) groups excluding carboxylic acids is 3. The molecule has 10 heteroatoms. The first-order valence-corrected chi connectivity index (χ1v) is 10.8. The predicted octanol–water partition coefficient (Wildman–Crippen LogP) is 4.37. The summed E-state index contributed by atoms with van der Waals surface area (Å²) in [5, 5.41) is 13.5. The number of hydrogen-bond donors (Lipinski definition) is 0. The zero-order valence-electron chi connectivity index (χ0n) is 16.5. The van der Waals surface area contributed by atoms with Crippen molar-refractivity contribution in [2.24, 2.45) is 0 Å². The fourth-order valence-corrected chi connectivity index (χ4v) is 5.31. The molecule has 2 aliphatic rings. The molecule has 0 radical (unpaired) electrons. The summed E-state index contributed by atoms with van der Waals surface area (Å²) < 4.78 is 0. The Balaban J connectivity index is 1.57. The molecular formula is C22H14ClN3O5S. The van der Waals surface area contributed by atoms with Gasteiger partial charge in [-0.3, -0.25) is 34.3 Å². The number of hydrogen-bond acceptors (Lipinski definition) is 6. The summed E-state index contributed by atoms with van der Waals surface area (Å²) in [6.45, 7) is 1.83. The van der Waals surface area contributed by atoms with Crippen molar-refractivity contribution in [2.75, 3.05) is 4.90 Å². The molecule has 8 nitrogen and oxygen atoms in total. The van der Waals surface area contributed by atoms with Crippen molar-refractivity contribution >= 4 is 52.0 Å². The van der Waals surface area contributed by atoms with E-state index < -0.39 is 34.7 Å². The van der Waals surface area contributed by atoms with Crippen LogP contribution in [0.2, 0.25) is 5.02 Å². The Morgan fingerprint density at radius 2 is 1.72 bits per heavy atom. The van der Waals surface area contributed by atoms with E-state index in [0.717, 1.165) is 21.4 Å². The number of nitro groups is 1. The number of halogens is 1. The van der Waals surface area contributed by atoms with Crippen molar-refractivity contribution in [1.82, 2.24) is 4.90 Å². The van der Waals surface area contributed by atoms with E-state index in [1.165, 1.54) is 23.5 Å². The Bertz CT molecular complexity index is 1320. The highest BCUT2D eigenvalue weighted by Gasteiger charge is 2.58. The van der Waals surface area contributed by atoms with E-state index in [1.807, 2.05) is 24.4 Å². The maximum absolute atomic E-state index is 13.4. The molecule has 3 aromatic rings. The van der Waals surface area contributed by atoms with Crippen molar-refractivity contribution in [2.45, 2.75) is 19.0 Å². The second-order valence-corrected chi connectivity index (χ2v) is 8.93. The molecule has 3 amide bonds. The Kier molecular flexibility index (Phi) is 4.61. The number of carbonyl (C=O) groups is 3. The molecule has 1 saturated heterocycles. The minimum Gasteiger partial charge on any atom is -0.299 e. The number of benzene rings is 2. The molecule has 32 heavy (non-hydrogen) atoms. The van der Waals surface area contributed by atoms with Crippen LogP contribution in [0.3, 0.4) is 0 Å². The van der Waals surface area contributed by atoms with Gasteiger partial charge in [0.2, 0.25) is 0 Å². The molecule has 160 valence electrons. The average molecular weight is 468 g/mol. The van der Waals surface area contributed by atoms with Gasteiger partial charge in [0.1, 0.15) is 12.1 Å². The third kappa shape index (κ3) is 2.85. The maximum atomic E-state index is 13.4. The summed E-state index contributed by atoms with van der Waals surface area (Å²) >= 11 is 7.48. The maximum Gasteiger partial charge on any atom is 0.270 e. The summed E-state index contributed by atoms with van der Waals surface area (Å²) in [6, 6.07) is 10.7. The van der Waals surface area contributed by atoms with Crippen molar-refractivity contribution < 1.29 is 19.3 Å². The van der Waals surface area contributed by atoms with Gasteiger partial charge < -0.3 is 0 Å². The lowest BCUT2D eigenvalue weighted by Gasteiger charge is -2.49. The van der Waals surface area contributed by atoms with Gasteiger partial charge in [0.05, 0.1) is 16.1 Å². The number of anilines is 1. The molecule has 5 rings (SSSR count). The highest BCUT2D eigenvalue weighted by Crippen LogP contribution is 2.46. The molecule has 0 N–H and O–H groups in total. The van der Waals surface area contributed by atoms with Crippen LogP contribution in [0.25, 0.3) is 0 Å². The van der Waals surface area contributed by atoms with E-state index in [1.54, 1.807) is 23.1 Å². The van der Waals surface area contributed by atoms with Crippen LogP contribution in [0.15, 0.2) is 53.9 Å². The first-order chi connectivity index (χ1) is 15.3. The second-order valence-electron chi connectivity index (χ2n) is 7.51. The molecule has 2 aromatic carbocycles. The number of β-lactam (4-membered cyclic amide) rings is 1. The number of nitrogens with zero attached hydrogens (tertiary/aromatic N) is 3. The van der Waals surface area contributed by atoms with Gasteiger partial charge in [-0.15, -0.1) is 11.3 Å². The van der Waals surface area contributed by atoms with Gasteiger partial charge in [-0.1, -0.05) is 17.7 Å².